The molecule has 120 valence electrons. The molecule has 3 heteroatoms. The van der Waals surface area contributed by atoms with Crippen molar-refractivity contribution in [3.05, 3.63) is 29.3 Å². The van der Waals surface area contributed by atoms with Crippen molar-refractivity contribution in [2.45, 2.75) is 63.0 Å². The van der Waals surface area contributed by atoms with Crippen LogP contribution in [0.2, 0.25) is 0 Å². The van der Waals surface area contributed by atoms with Gasteiger partial charge < -0.3 is 10.2 Å². The normalized spacial score (nSPS) is 34.5. The molecule has 1 aromatic carbocycles. The molecule has 1 saturated carbocycles. The van der Waals surface area contributed by atoms with Crippen molar-refractivity contribution in [1.82, 2.24) is 4.90 Å². The van der Waals surface area contributed by atoms with E-state index in [1.165, 1.54) is 24.0 Å². The molecule has 2 N–H and O–H groups in total. The highest BCUT2D eigenvalue weighted by atomic mass is 16.3. The van der Waals surface area contributed by atoms with E-state index in [0.29, 0.717) is 5.75 Å². The Kier molecular flexibility index (Phi) is 3.46. The van der Waals surface area contributed by atoms with Gasteiger partial charge in [-0.2, -0.15) is 0 Å². The van der Waals surface area contributed by atoms with Gasteiger partial charge in [-0.1, -0.05) is 19.4 Å². The molecule has 0 aromatic heterocycles. The maximum atomic E-state index is 11.2. The fourth-order valence-corrected chi connectivity index (χ4v) is 4.90. The molecule has 0 spiro atoms. The Balaban J connectivity index is 1.74. The third-order valence-electron chi connectivity index (χ3n) is 6.19. The Bertz CT molecular complexity index is 569. The van der Waals surface area contributed by atoms with Gasteiger partial charge in [-0.15, -0.1) is 0 Å². The molecule has 3 aliphatic rings. The minimum atomic E-state index is -0.297. The van der Waals surface area contributed by atoms with Gasteiger partial charge in [0, 0.05) is 18.0 Å². The number of phenolic OH excluding ortho intramolecular Hbond substituents is 1. The van der Waals surface area contributed by atoms with Crippen LogP contribution in [0.15, 0.2) is 18.2 Å². The van der Waals surface area contributed by atoms with Crippen LogP contribution in [-0.2, 0) is 11.8 Å². The molecular formula is C19H27NO2. The Morgan fingerprint density at radius 3 is 2.86 bits per heavy atom. The molecule has 2 aliphatic carbocycles. The number of hydrogen-bond acceptors (Lipinski definition) is 3. The smallest absolute Gasteiger partial charge is 0.115 e. The fourth-order valence-electron chi connectivity index (χ4n) is 4.90. The van der Waals surface area contributed by atoms with Crippen molar-refractivity contribution in [3.8, 4) is 5.75 Å². The molecule has 3 nitrogen and oxygen atoms in total. The van der Waals surface area contributed by atoms with Crippen LogP contribution in [0.5, 0.6) is 5.75 Å². The maximum absolute atomic E-state index is 11.2. The summed E-state index contributed by atoms with van der Waals surface area (Å²) < 4.78 is 0. The molecule has 1 saturated heterocycles. The van der Waals surface area contributed by atoms with Crippen molar-refractivity contribution in [3.63, 3.8) is 0 Å². The third-order valence-corrected chi connectivity index (χ3v) is 6.19. The summed E-state index contributed by atoms with van der Waals surface area (Å²) in [6, 6.07) is 6.06. The predicted octanol–water partition coefficient (Wildman–Crippen LogP) is 2.83. The lowest BCUT2D eigenvalue weighted by atomic mass is 9.60. The molecule has 1 aromatic rings. The van der Waals surface area contributed by atoms with Gasteiger partial charge in [0.25, 0.3) is 0 Å². The summed E-state index contributed by atoms with van der Waals surface area (Å²) in [5.74, 6) is 1.20. The first kappa shape index (κ1) is 14.5. The predicted molar refractivity (Wildman–Crippen MR) is 87.1 cm³/mol. The number of hydrogen-bond donors (Lipinski definition) is 2. The molecule has 0 amide bonds. The number of aromatic hydroxyl groups is 1. The molecule has 4 rings (SSSR count). The van der Waals surface area contributed by atoms with E-state index in [-0.39, 0.29) is 17.6 Å². The third kappa shape index (κ3) is 2.17. The number of fused-ring (bicyclic) bond motifs is 4. The zero-order valence-corrected chi connectivity index (χ0v) is 13.5. The number of aliphatic hydroxyl groups excluding tert-OH is 1. The number of benzene rings is 1. The average Bonchev–Trinajstić information content (AvgIpc) is 3.30. The Hall–Kier alpha value is -1.06. The van der Waals surface area contributed by atoms with Crippen molar-refractivity contribution in [2.24, 2.45) is 5.92 Å². The lowest BCUT2D eigenvalue weighted by molar-refractivity contribution is -0.0626. The summed E-state index contributed by atoms with van der Waals surface area (Å²) in [4.78, 5) is 2.55. The number of phenols is 1. The second-order valence-corrected chi connectivity index (χ2v) is 7.65. The maximum Gasteiger partial charge on any atom is 0.115 e. The molecule has 22 heavy (non-hydrogen) atoms. The first-order valence-electron chi connectivity index (χ1n) is 8.88. The van der Waals surface area contributed by atoms with Gasteiger partial charge in [0.05, 0.1) is 6.10 Å². The second-order valence-electron chi connectivity index (χ2n) is 7.65. The molecule has 0 unspecified atom stereocenters. The summed E-state index contributed by atoms with van der Waals surface area (Å²) in [7, 11) is 0. The van der Waals surface area contributed by atoms with Gasteiger partial charge >= 0.3 is 0 Å². The van der Waals surface area contributed by atoms with Crippen LogP contribution >= 0.6 is 0 Å². The van der Waals surface area contributed by atoms with Crippen LogP contribution in [-0.4, -0.2) is 40.3 Å². The van der Waals surface area contributed by atoms with E-state index in [1.54, 1.807) is 6.07 Å². The van der Waals surface area contributed by atoms with Gasteiger partial charge in [0.1, 0.15) is 5.75 Å². The molecular weight excluding hydrogens is 274 g/mol. The highest BCUT2D eigenvalue weighted by molar-refractivity contribution is 5.45. The average molecular weight is 301 g/mol. The van der Waals surface area contributed by atoms with E-state index in [4.69, 9.17) is 0 Å². The molecule has 2 fully saturated rings. The van der Waals surface area contributed by atoms with Crippen LogP contribution in [0.3, 0.4) is 0 Å². The molecule has 1 aliphatic heterocycles. The first-order valence-corrected chi connectivity index (χ1v) is 8.88. The van der Waals surface area contributed by atoms with Crippen LogP contribution in [0.1, 0.15) is 50.2 Å². The van der Waals surface area contributed by atoms with Crippen LogP contribution in [0.4, 0.5) is 0 Å². The second kappa shape index (κ2) is 5.24. The van der Waals surface area contributed by atoms with E-state index in [9.17, 15) is 10.2 Å². The summed E-state index contributed by atoms with van der Waals surface area (Å²) in [6.45, 7) is 4.45. The van der Waals surface area contributed by atoms with E-state index in [1.807, 2.05) is 6.07 Å². The van der Waals surface area contributed by atoms with Crippen molar-refractivity contribution in [1.29, 1.82) is 0 Å². The molecule has 0 radical (unpaired) electrons. The Morgan fingerprint density at radius 2 is 2.14 bits per heavy atom. The number of nitrogens with zero attached hydrogens (tertiary/aromatic N) is 1. The number of rotatable bonds is 4. The van der Waals surface area contributed by atoms with Gasteiger partial charge in [-0.25, -0.2) is 0 Å². The SMILES string of the molecule is CCC[C@]12CCN(CC3CC3)[C@H](Cc3ccc(O)cc31)[C@H]2O. The van der Waals surface area contributed by atoms with Gasteiger partial charge in [0.2, 0.25) is 0 Å². The van der Waals surface area contributed by atoms with Crippen LogP contribution < -0.4 is 0 Å². The number of piperidine rings is 1. The quantitative estimate of drug-likeness (QED) is 0.899. The lowest BCUT2D eigenvalue weighted by Gasteiger charge is -2.55. The zero-order valence-electron chi connectivity index (χ0n) is 13.5. The summed E-state index contributed by atoms with van der Waals surface area (Å²) in [5, 5.41) is 21.1. The number of aliphatic hydroxyl groups is 1. The van der Waals surface area contributed by atoms with E-state index >= 15 is 0 Å². The van der Waals surface area contributed by atoms with Crippen molar-refractivity contribution >= 4 is 0 Å². The van der Waals surface area contributed by atoms with Crippen LogP contribution in [0.25, 0.3) is 0 Å². The van der Waals surface area contributed by atoms with Gasteiger partial charge in [-0.3, -0.25) is 4.90 Å². The summed E-state index contributed by atoms with van der Waals surface area (Å²) in [5.41, 5.74) is 2.40. The highest BCUT2D eigenvalue weighted by Crippen LogP contribution is 2.49. The highest BCUT2D eigenvalue weighted by Gasteiger charge is 2.52. The largest absolute Gasteiger partial charge is 0.508 e. The van der Waals surface area contributed by atoms with E-state index in [2.05, 4.69) is 17.9 Å². The van der Waals surface area contributed by atoms with Crippen molar-refractivity contribution < 1.29 is 10.2 Å². The standard InChI is InChI=1S/C19H27NO2/c1-2-7-19-8-9-20(12-13-3-4-13)17(18(19)22)10-14-5-6-15(21)11-16(14)19/h5-6,11,13,17-18,21-22H,2-4,7-10,12H2,1H3/t17-,18-,19+/m1/s1. The lowest BCUT2D eigenvalue weighted by Crippen LogP contribution is -2.63. The minimum absolute atomic E-state index is 0.147. The Morgan fingerprint density at radius 1 is 1.32 bits per heavy atom. The van der Waals surface area contributed by atoms with E-state index in [0.717, 1.165) is 44.7 Å². The summed E-state index contributed by atoms with van der Waals surface area (Å²) in [6.07, 6.45) is 6.46. The summed E-state index contributed by atoms with van der Waals surface area (Å²) >= 11 is 0. The molecule has 2 bridgehead atoms. The fraction of sp³-hybridized carbons (Fsp3) is 0.684. The first-order chi connectivity index (χ1) is 10.6. The van der Waals surface area contributed by atoms with Crippen LogP contribution in [0, 0.1) is 5.92 Å². The topological polar surface area (TPSA) is 43.7 Å². The molecule has 1 heterocycles. The van der Waals surface area contributed by atoms with E-state index < -0.39 is 0 Å². The molecule has 3 atom stereocenters. The van der Waals surface area contributed by atoms with Crippen molar-refractivity contribution in [2.75, 3.05) is 13.1 Å². The van der Waals surface area contributed by atoms with Gasteiger partial charge in [0.15, 0.2) is 0 Å². The zero-order chi connectivity index (χ0) is 15.3. The number of likely N-dealkylation sites (tertiary alicyclic amines) is 1. The van der Waals surface area contributed by atoms with Gasteiger partial charge in [-0.05, 0) is 67.8 Å². The monoisotopic (exact) mass is 301 g/mol. The Labute approximate surface area is 133 Å². The minimum Gasteiger partial charge on any atom is -0.508 e.